The van der Waals surface area contributed by atoms with E-state index in [0.29, 0.717) is 27.1 Å². The van der Waals surface area contributed by atoms with Crippen molar-refractivity contribution < 1.29 is 4.79 Å². The van der Waals surface area contributed by atoms with Gasteiger partial charge < -0.3 is 4.98 Å². The van der Waals surface area contributed by atoms with Gasteiger partial charge in [-0.3, -0.25) is 4.79 Å². The number of nitrogens with zero attached hydrogens (tertiary/aromatic N) is 2. The summed E-state index contributed by atoms with van der Waals surface area (Å²) < 4.78 is 0. The van der Waals surface area contributed by atoms with Gasteiger partial charge in [0, 0.05) is 10.0 Å². The molecular weight excluding hydrogens is 347 g/mol. The molecule has 0 bridgehead atoms. The topological polar surface area (TPSA) is 70.1 Å². The van der Waals surface area contributed by atoms with Gasteiger partial charge in [0.05, 0.1) is 17.5 Å². The number of fused-ring (bicyclic) bond motifs is 1. The second-order valence-electron chi connectivity index (χ2n) is 5.25. The van der Waals surface area contributed by atoms with Crippen molar-refractivity contribution in [1.29, 1.82) is 0 Å². The molecule has 0 atom stereocenters. The maximum atomic E-state index is 12.0. The minimum Gasteiger partial charge on any atom is -0.337 e. The van der Waals surface area contributed by atoms with Gasteiger partial charge in [0.1, 0.15) is 5.71 Å². The molecule has 1 amide bonds. The average Bonchev–Trinajstić information content (AvgIpc) is 3.00. The second-order valence-corrected chi connectivity index (χ2v) is 6.09. The Morgan fingerprint density at radius 1 is 1.25 bits per heavy atom. The number of hydrogen-bond acceptors (Lipinski definition) is 3. The minimum absolute atomic E-state index is 0.0936. The molecule has 0 aliphatic rings. The van der Waals surface area contributed by atoms with Crippen LogP contribution in [0.4, 0.5) is 0 Å². The molecule has 24 heavy (non-hydrogen) atoms. The Morgan fingerprint density at radius 3 is 2.83 bits per heavy atom. The zero-order valence-electron chi connectivity index (χ0n) is 12.8. The van der Waals surface area contributed by atoms with Gasteiger partial charge in [-0.25, -0.2) is 10.4 Å². The summed E-state index contributed by atoms with van der Waals surface area (Å²) in [6, 6.07) is 12.7. The first kappa shape index (κ1) is 16.5. The highest BCUT2D eigenvalue weighted by Gasteiger charge is 2.09. The van der Waals surface area contributed by atoms with Gasteiger partial charge in [-0.1, -0.05) is 35.3 Å². The van der Waals surface area contributed by atoms with Crippen LogP contribution in [-0.2, 0) is 11.2 Å². The van der Waals surface area contributed by atoms with E-state index >= 15 is 0 Å². The number of aromatic nitrogens is 2. The summed E-state index contributed by atoms with van der Waals surface area (Å²) in [7, 11) is 0. The zero-order chi connectivity index (χ0) is 17.1. The van der Waals surface area contributed by atoms with Crippen LogP contribution in [0.5, 0.6) is 0 Å². The Morgan fingerprint density at radius 2 is 2.04 bits per heavy atom. The quantitative estimate of drug-likeness (QED) is 0.546. The molecule has 1 aromatic heterocycles. The number of aromatic amines is 1. The number of H-pyrrole nitrogens is 1. The van der Waals surface area contributed by atoms with Crippen LogP contribution in [0, 0.1) is 0 Å². The molecule has 0 unspecified atom stereocenters. The maximum Gasteiger partial charge on any atom is 0.244 e. The Bertz CT molecular complexity index is 900. The van der Waals surface area contributed by atoms with Gasteiger partial charge in [-0.15, -0.1) is 0 Å². The van der Waals surface area contributed by atoms with E-state index in [-0.39, 0.29) is 12.3 Å². The Labute approximate surface area is 148 Å². The van der Waals surface area contributed by atoms with E-state index in [1.165, 1.54) is 0 Å². The SMILES string of the molecule is C/C(=N\NC(=O)Cc1cc(Cl)ccc1Cl)c1nc2ccccc2[nH]1. The fraction of sp³-hybridized carbons (Fsp3) is 0.118. The van der Waals surface area contributed by atoms with Crippen LogP contribution in [0.25, 0.3) is 11.0 Å². The van der Waals surface area contributed by atoms with Gasteiger partial charge >= 0.3 is 0 Å². The third kappa shape index (κ3) is 3.75. The predicted octanol–water partition coefficient (Wildman–Crippen LogP) is 3.95. The predicted molar refractivity (Wildman–Crippen MR) is 96.6 cm³/mol. The van der Waals surface area contributed by atoms with Gasteiger partial charge in [0.15, 0.2) is 5.82 Å². The molecule has 7 heteroatoms. The molecule has 0 fully saturated rings. The summed E-state index contributed by atoms with van der Waals surface area (Å²) in [6.45, 7) is 1.77. The second kappa shape index (κ2) is 7.03. The number of para-hydroxylation sites is 2. The standard InChI is InChI=1S/C17H14Cl2N4O/c1-10(17-20-14-4-2-3-5-15(14)21-17)22-23-16(24)9-11-8-12(18)6-7-13(11)19/h2-8H,9H2,1H3,(H,20,21)(H,23,24)/b22-10+. The summed E-state index contributed by atoms with van der Waals surface area (Å²) in [5.41, 5.74) is 5.50. The molecule has 3 aromatic rings. The van der Waals surface area contributed by atoms with Crippen molar-refractivity contribution in [3.8, 4) is 0 Å². The highest BCUT2D eigenvalue weighted by Crippen LogP contribution is 2.21. The molecule has 0 saturated heterocycles. The first-order valence-corrected chi connectivity index (χ1v) is 8.00. The molecule has 5 nitrogen and oxygen atoms in total. The Balaban J connectivity index is 1.70. The molecule has 0 spiro atoms. The van der Waals surface area contributed by atoms with Crippen molar-refractivity contribution in [2.45, 2.75) is 13.3 Å². The summed E-state index contributed by atoms with van der Waals surface area (Å²) in [5, 5.41) is 5.11. The number of amides is 1. The van der Waals surface area contributed by atoms with Crippen molar-refractivity contribution in [2.24, 2.45) is 5.10 Å². The lowest BCUT2D eigenvalue weighted by atomic mass is 10.1. The van der Waals surface area contributed by atoms with E-state index in [4.69, 9.17) is 23.2 Å². The molecule has 3 rings (SSSR count). The minimum atomic E-state index is -0.283. The molecule has 1 heterocycles. The van der Waals surface area contributed by atoms with Crippen LogP contribution in [-0.4, -0.2) is 21.6 Å². The van der Waals surface area contributed by atoms with Crippen LogP contribution >= 0.6 is 23.2 Å². The Hall–Kier alpha value is -2.37. The molecule has 0 aliphatic heterocycles. The van der Waals surface area contributed by atoms with Crippen LogP contribution in [0.15, 0.2) is 47.6 Å². The Kier molecular flexibility index (Phi) is 4.83. The van der Waals surface area contributed by atoms with Crippen LogP contribution in [0.1, 0.15) is 18.3 Å². The van der Waals surface area contributed by atoms with Crippen molar-refractivity contribution in [3.63, 3.8) is 0 Å². The summed E-state index contributed by atoms with van der Waals surface area (Å²) in [5.74, 6) is 0.326. The molecule has 0 saturated carbocycles. The summed E-state index contributed by atoms with van der Waals surface area (Å²) in [4.78, 5) is 19.6. The molecule has 0 aliphatic carbocycles. The van der Waals surface area contributed by atoms with Crippen LogP contribution in [0.3, 0.4) is 0 Å². The fourth-order valence-corrected chi connectivity index (χ4v) is 2.59. The van der Waals surface area contributed by atoms with E-state index in [0.717, 1.165) is 11.0 Å². The van der Waals surface area contributed by atoms with Crippen LogP contribution < -0.4 is 5.43 Å². The first-order chi connectivity index (χ1) is 11.5. The van der Waals surface area contributed by atoms with Crippen molar-refractivity contribution in [3.05, 3.63) is 63.9 Å². The number of rotatable bonds is 4. The molecule has 122 valence electrons. The molecule has 2 N–H and O–H groups in total. The van der Waals surface area contributed by atoms with Gasteiger partial charge in [0.25, 0.3) is 0 Å². The van der Waals surface area contributed by atoms with Gasteiger partial charge in [-0.2, -0.15) is 5.10 Å². The number of nitrogens with one attached hydrogen (secondary N) is 2. The molecule has 2 aromatic carbocycles. The first-order valence-electron chi connectivity index (χ1n) is 7.25. The van der Waals surface area contributed by atoms with Crippen molar-refractivity contribution >= 4 is 45.9 Å². The van der Waals surface area contributed by atoms with E-state index in [9.17, 15) is 4.79 Å². The van der Waals surface area contributed by atoms with E-state index in [1.54, 1.807) is 25.1 Å². The number of halogens is 2. The summed E-state index contributed by atoms with van der Waals surface area (Å²) in [6.07, 6.45) is 0.0936. The highest BCUT2D eigenvalue weighted by atomic mass is 35.5. The van der Waals surface area contributed by atoms with Gasteiger partial charge in [0.2, 0.25) is 5.91 Å². The van der Waals surface area contributed by atoms with Crippen LogP contribution in [0.2, 0.25) is 10.0 Å². The maximum absolute atomic E-state index is 12.0. The van der Waals surface area contributed by atoms with E-state index in [2.05, 4.69) is 20.5 Å². The smallest absolute Gasteiger partial charge is 0.244 e. The zero-order valence-corrected chi connectivity index (χ0v) is 14.3. The third-order valence-corrected chi connectivity index (χ3v) is 4.04. The molecular formula is C17H14Cl2N4O. The number of imidazole rings is 1. The average molecular weight is 361 g/mol. The lowest BCUT2D eigenvalue weighted by Crippen LogP contribution is -2.21. The number of benzene rings is 2. The lowest BCUT2D eigenvalue weighted by molar-refractivity contribution is -0.120. The highest BCUT2D eigenvalue weighted by molar-refractivity contribution is 6.33. The number of carbonyl (C=O) groups excluding carboxylic acids is 1. The normalized spacial score (nSPS) is 11.7. The van der Waals surface area contributed by atoms with Crippen molar-refractivity contribution in [1.82, 2.24) is 15.4 Å². The van der Waals surface area contributed by atoms with Crippen molar-refractivity contribution in [2.75, 3.05) is 0 Å². The lowest BCUT2D eigenvalue weighted by Gasteiger charge is -2.04. The summed E-state index contributed by atoms with van der Waals surface area (Å²) >= 11 is 12.0. The number of hydrazone groups is 1. The third-order valence-electron chi connectivity index (χ3n) is 3.44. The number of hydrogen-bond donors (Lipinski definition) is 2. The number of carbonyl (C=O) groups is 1. The van der Waals surface area contributed by atoms with Gasteiger partial charge in [-0.05, 0) is 42.8 Å². The molecule has 0 radical (unpaired) electrons. The van der Waals surface area contributed by atoms with E-state index in [1.807, 2.05) is 24.3 Å². The fourth-order valence-electron chi connectivity index (χ4n) is 2.21. The van der Waals surface area contributed by atoms with E-state index < -0.39 is 0 Å². The largest absolute Gasteiger partial charge is 0.337 e. The monoisotopic (exact) mass is 360 g/mol.